The predicted octanol–water partition coefficient (Wildman–Crippen LogP) is 4.58. The van der Waals surface area contributed by atoms with Crippen LogP contribution in [0.2, 0.25) is 0 Å². The number of hydrogen-bond acceptors (Lipinski definition) is 2. The Kier molecular flexibility index (Phi) is 3.79. The molecule has 0 saturated carbocycles. The Bertz CT molecular complexity index is 482. The molecule has 2 aliphatic heterocycles. The van der Waals surface area contributed by atoms with Crippen LogP contribution in [0.1, 0.15) is 48.0 Å². The summed E-state index contributed by atoms with van der Waals surface area (Å²) in [5, 5.41) is 1.44. The van der Waals surface area contributed by atoms with Crippen molar-refractivity contribution in [2.24, 2.45) is 5.92 Å². The van der Waals surface area contributed by atoms with E-state index in [1.54, 1.807) is 6.08 Å². The summed E-state index contributed by atoms with van der Waals surface area (Å²) in [5.74, 6) is 0.574. The van der Waals surface area contributed by atoms with Crippen molar-refractivity contribution < 1.29 is 4.79 Å². The second-order valence-corrected chi connectivity index (χ2v) is 7.24. The van der Waals surface area contributed by atoms with Crippen LogP contribution >= 0.6 is 11.8 Å². The molecule has 2 heteroatoms. The highest BCUT2D eigenvalue weighted by atomic mass is 32.2. The largest absolute Gasteiger partial charge is 0.294 e. The van der Waals surface area contributed by atoms with Gasteiger partial charge in [-0.2, -0.15) is 11.8 Å². The van der Waals surface area contributed by atoms with Crippen LogP contribution in [0.5, 0.6) is 0 Å². The van der Waals surface area contributed by atoms with Gasteiger partial charge in [0.05, 0.1) is 0 Å². The van der Waals surface area contributed by atoms with Crippen LogP contribution < -0.4 is 0 Å². The second-order valence-electron chi connectivity index (χ2n) is 5.63. The fraction of sp³-hybridized carbons (Fsp3) is 0.471. The van der Waals surface area contributed by atoms with E-state index >= 15 is 0 Å². The van der Waals surface area contributed by atoms with Crippen LogP contribution in [-0.2, 0) is 0 Å². The molecule has 0 aromatic heterocycles. The van der Waals surface area contributed by atoms with Gasteiger partial charge in [0, 0.05) is 22.0 Å². The first-order chi connectivity index (χ1) is 9.28. The Morgan fingerprint density at radius 3 is 2.58 bits per heavy atom. The van der Waals surface area contributed by atoms with E-state index < -0.39 is 0 Å². The lowest BCUT2D eigenvalue weighted by atomic mass is 9.83. The van der Waals surface area contributed by atoms with Crippen molar-refractivity contribution in [3.63, 3.8) is 0 Å². The number of fused-ring (bicyclic) bond motifs is 2. The molecule has 1 aromatic rings. The van der Waals surface area contributed by atoms with E-state index in [2.05, 4.69) is 18.3 Å². The van der Waals surface area contributed by atoms with Gasteiger partial charge in [0.15, 0.2) is 5.78 Å². The Balaban J connectivity index is 1.82. The number of Topliss-reactive ketones (excluding diaryl/α,β-unsaturated/α-hetero) is 1. The van der Waals surface area contributed by atoms with E-state index in [-0.39, 0.29) is 5.92 Å². The summed E-state index contributed by atoms with van der Waals surface area (Å²) in [5.41, 5.74) is 1.85. The number of ketones is 1. The summed E-state index contributed by atoms with van der Waals surface area (Å²) < 4.78 is 0. The van der Waals surface area contributed by atoms with Crippen LogP contribution in [-0.4, -0.2) is 16.3 Å². The summed E-state index contributed by atoms with van der Waals surface area (Å²) in [6, 6.07) is 7.87. The molecule has 1 nitrogen and oxygen atoms in total. The molecule has 2 bridgehead atoms. The SMILES string of the molecule is C=Cc1ccccc1C(=O)C1CC2CCCC(C1)S2. The van der Waals surface area contributed by atoms with Gasteiger partial charge >= 0.3 is 0 Å². The van der Waals surface area contributed by atoms with Gasteiger partial charge < -0.3 is 0 Å². The van der Waals surface area contributed by atoms with Crippen molar-refractivity contribution in [2.45, 2.75) is 42.6 Å². The molecule has 3 rings (SSSR count). The molecular formula is C17H20OS. The lowest BCUT2D eigenvalue weighted by molar-refractivity contribution is 0.0896. The smallest absolute Gasteiger partial charge is 0.166 e. The van der Waals surface area contributed by atoms with Crippen molar-refractivity contribution in [3.05, 3.63) is 42.0 Å². The monoisotopic (exact) mass is 272 g/mol. The molecule has 0 N–H and O–H groups in total. The third kappa shape index (κ3) is 2.64. The molecule has 2 heterocycles. The van der Waals surface area contributed by atoms with Crippen LogP contribution in [0.3, 0.4) is 0 Å². The number of rotatable bonds is 3. The van der Waals surface area contributed by atoms with Gasteiger partial charge in [-0.05, 0) is 31.2 Å². The summed E-state index contributed by atoms with van der Waals surface area (Å²) in [7, 11) is 0. The molecule has 0 radical (unpaired) electrons. The van der Waals surface area contributed by atoms with Gasteiger partial charge in [0.2, 0.25) is 0 Å². The lowest BCUT2D eigenvalue weighted by Gasteiger charge is -2.38. The summed E-state index contributed by atoms with van der Waals surface area (Å²) >= 11 is 2.13. The lowest BCUT2D eigenvalue weighted by Crippen LogP contribution is -2.33. The number of hydrogen-bond donors (Lipinski definition) is 0. The van der Waals surface area contributed by atoms with Gasteiger partial charge in [0.1, 0.15) is 0 Å². The normalized spacial score (nSPS) is 29.8. The fourth-order valence-corrected chi connectivity index (χ4v) is 5.23. The van der Waals surface area contributed by atoms with Crippen molar-refractivity contribution in [3.8, 4) is 0 Å². The maximum absolute atomic E-state index is 12.8. The minimum Gasteiger partial charge on any atom is -0.294 e. The van der Waals surface area contributed by atoms with E-state index in [9.17, 15) is 4.79 Å². The second kappa shape index (κ2) is 5.54. The average molecular weight is 272 g/mol. The van der Waals surface area contributed by atoms with E-state index in [4.69, 9.17) is 0 Å². The molecule has 1 aromatic carbocycles. The first-order valence-corrected chi connectivity index (χ1v) is 8.13. The van der Waals surface area contributed by atoms with Crippen molar-refractivity contribution in [1.29, 1.82) is 0 Å². The molecule has 0 amide bonds. The predicted molar refractivity (Wildman–Crippen MR) is 82.6 cm³/mol. The van der Waals surface area contributed by atoms with Crippen molar-refractivity contribution >= 4 is 23.6 Å². The Morgan fingerprint density at radius 1 is 1.21 bits per heavy atom. The Morgan fingerprint density at radius 2 is 1.89 bits per heavy atom. The van der Waals surface area contributed by atoms with Gasteiger partial charge in [-0.1, -0.05) is 43.3 Å². The third-order valence-corrected chi connectivity index (χ3v) is 5.97. The summed E-state index contributed by atoms with van der Waals surface area (Å²) in [4.78, 5) is 12.8. The highest BCUT2D eigenvalue weighted by Crippen LogP contribution is 2.44. The molecule has 2 saturated heterocycles. The molecular weight excluding hydrogens is 252 g/mol. The Labute approximate surface area is 119 Å². The number of thioether (sulfide) groups is 1. The molecule has 100 valence electrons. The zero-order valence-electron chi connectivity index (χ0n) is 11.2. The molecule has 2 atom stereocenters. The van der Waals surface area contributed by atoms with E-state index in [1.807, 2.05) is 24.3 Å². The van der Waals surface area contributed by atoms with Crippen LogP contribution in [0.25, 0.3) is 6.08 Å². The number of benzene rings is 1. The van der Waals surface area contributed by atoms with Gasteiger partial charge in [0.25, 0.3) is 0 Å². The van der Waals surface area contributed by atoms with Crippen molar-refractivity contribution in [2.75, 3.05) is 0 Å². The highest BCUT2D eigenvalue weighted by Gasteiger charge is 2.36. The molecule has 2 unspecified atom stereocenters. The first-order valence-electron chi connectivity index (χ1n) is 7.19. The molecule has 2 aliphatic rings. The van der Waals surface area contributed by atoms with Gasteiger partial charge in [-0.25, -0.2) is 0 Å². The third-order valence-electron chi connectivity index (χ3n) is 4.35. The van der Waals surface area contributed by atoms with Crippen molar-refractivity contribution in [1.82, 2.24) is 0 Å². The summed E-state index contributed by atoms with van der Waals surface area (Å²) in [6.07, 6.45) is 7.90. The molecule has 0 spiro atoms. The first kappa shape index (κ1) is 13.0. The zero-order valence-corrected chi connectivity index (χ0v) is 12.0. The van der Waals surface area contributed by atoms with Crippen LogP contribution in [0, 0.1) is 5.92 Å². The molecule has 19 heavy (non-hydrogen) atoms. The maximum Gasteiger partial charge on any atom is 0.166 e. The standard InChI is InChI=1S/C17H20OS/c1-2-12-6-3-4-9-16(12)17(18)13-10-14-7-5-8-15(11-13)19-14/h2-4,6,9,13-15H,1,5,7-8,10-11H2. The fourth-order valence-electron chi connectivity index (χ4n) is 3.39. The minimum atomic E-state index is 0.234. The number of carbonyl (C=O) groups is 1. The molecule has 2 fully saturated rings. The zero-order chi connectivity index (χ0) is 13.2. The van der Waals surface area contributed by atoms with Crippen LogP contribution in [0.15, 0.2) is 30.8 Å². The minimum absolute atomic E-state index is 0.234. The topological polar surface area (TPSA) is 17.1 Å². The summed E-state index contributed by atoms with van der Waals surface area (Å²) in [6.45, 7) is 3.82. The number of carbonyl (C=O) groups excluding carboxylic acids is 1. The average Bonchev–Trinajstić information content (AvgIpc) is 2.46. The van der Waals surface area contributed by atoms with E-state index in [1.165, 1.54) is 19.3 Å². The van der Waals surface area contributed by atoms with E-state index in [0.717, 1.165) is 34.5 Å². The van der Waals surface area contributed by atoms with Gasteiger partial charge in [-0.15, -0.1) is 0 Å². The van der Waals surface area contributed by atoms with Crippen LogP contribution in [0.4, 0.5) is 0 Å². The Hall–Kier alpha value is -1.02. The quantitative estimate of drug-likeness (QED) is 0.749. The molecule has 0 aliphatic carbocycles. The maximum atomic E-state index is 12.8. The van der Waals surface area contributed by atoms with E-state index in [0.29, 0.717) is 5.78 Å². The highest BCUT2D eigenvalue weighted by molar-refractivity contribution is 8.00. The van der Waals surface area contributed by atoms with Gasteiger partial charge in [-0.3, -0.25) is 4.79 Å².